The lowest BCUT2D eigenvalue weighted by atomic mass is 9.51. The molecule has 0 bridgehead atoms. The number of carbonyl (C=O) groups excluding carboxylic acids is 2. The molecule has 2 aliphatic carbocycles. The van der Waals surface area contributed by atoms with E-state index in [1.165, 1.54) is 0 Å². The van der Waals surface area contributed by atoms with Crippen LogP contribution in [-0.2, 0) is 28.5 Å². The van der Waals surface area contributed by atoms with Gasteiger partial charge >= 0.3 is 11.9 Å². The van der Waals surface area contributed by atoms with Crippen LogP contribution in [0.2, 0.25) is 0 Å². The van der Waals surface area contributed by atoms with Crippen LogP contribution in [-0.4, -0.2) is 75.8 Å². The Hall–Kier alpha value is -1.26. The molecule has 0 radical (unpaired) electrons. The van der Waals surface area contributed by atoms with Crippen LogP contribution >= 0.6 is 0 Å². The number of hydrogen-bond donors (Lipinski definition) is 3. The molecular formula is C20H26O9. The molecule has 9 nitrogen and oxygen atoms in total. The first-order chi connectivity index (χ1) is 13.4. The smallest absolute Gasteiger partial charge is 0.342 e. The van der Waals surface area contributed by atoms with Gasteiger partial charge in [0.1, 0.15) is 11.7 Å². The number of carbonyl (C=O) groups is 2. The summed E-state index contributed by atoms with van der Waals surface area (Å²) in [6, 6.07) is 0. The third kappa shape index (κ3) is 1.38. The average molecular weight is 410 g/mol. The van der Waals surface area contributed by atoms with E-state index in [1.807, 2.05) is 20.8 Å². The maximum atomic E-state index is 13.4. The van der Waals surface area contributed by atoms with Crippen molar-refractivity contribution in [2.45, 2.75) is 76.0 Å². The summed E-state index contributed by atoms with van der Waals surface area (Å²) < 4.78 is 23.3. The van der Waals surface area contributed by atoms with Crippen LogP contribution in [0.4, 0.5) is 0 Å². The highest BCUT2D eigenvalue weighted by molar-refractivity contribution is 5.91. The van der Waals surface area contributed by atoms with E-state index < -0.39 is 81.9 Å². The summed E-state index contributed by atoms with van der Waals surface area (Å²) in [5.41, 5.74) is -6.97. The molecule has 4 heterocycles. The van der Waals surface area contributed by atoms with Crippen molar-refractivity contribution in [3.05, 3.63) is 0 Å². The fourth-order valence-corrected chi connectivity index (χ4v) is 8.32. The first kappa shape index (κ1) is 18.5. The van der Waals surface area contributed by atoms with Gasteiger partial charge in [0.2, 0.25) is 11.9 Å². The fourth-order valence-electron chi connectivity index (χ4n) is 8.32. The normalized spacial score (nSPS) is 62.0. The van der Waals surface area contributed by atoms with Crippen molar-refractivity contribution >= 4 is 11.9 Å². The molecule has 7 unspecified atom stereocenters. The summed E-state index contributed by atoms with van der Waals surface area (Å²) in [5.74, 6) is -2.77. The maximum Gasteiger partial charge on any atom is 0.342 e. The quantitative estimate of drug-likeness (QED) is 0.435. The number of fused-ring (bicyclic) bond motifs is 1. The minimum absolute atomic E-state index is 0.123. The predicted molar refractivity (Wildman–Crippen MR) is 91.9 cm³/mol. The second kappa shape index (κ2) is 4.65. The van der Waals surface area contributed by atoms with Crippen LogP contribution in [0, 0.1) is 28.1 Å². The van der Waals surface area contributed by atoms with Gasteiger partial charge in [-0.3, -0.25) is 0 Å². The molecule has 6 aliphatic rings. The Labute approximate surface area is 167 Å². The Bertz CT molecular complexity index is 851. The number of ether oxygens (including phenoxy) is 4. The van der Waals surface area contributed by atoms with Crippen molar-refractivity contribution in [1.29, 1.82) is 0 Å². The molecule has 2 saturated carbocycles. The number of rotatable bonds is 0. The molecule has 0 amide bonds. The lowest BCUT2D eigenvalue weighted by Gasteiger charge is -2.46. The van der Waals surface area contributed by atoms with Crippen molar-refractivity contribution in [2.75, 3.05) is 6.61 Å². The SMILES string of the molecule is C[C@@H]1COC2CC34C5OC(=O)C3(OC3OC(=O)[C@H](O)C34C(C(C)(C)C)[C@H]5O)[C@]21O. The highest BCUT2D eigenvalue weighted by Crippen LogP contribution is 2.84. The molecule has 0 aromatic carbocycles. The molecule has 4 saturated heterocycles. The van der Waals surface area contributed by atoms with E-state index in [0.29, 0.717) is 0 Å². The monoisotopic (exact) mass is 410 g/mol. The van der Waals surface area contributed by atoms with E-state index >= 15 is 0 Å². The van der Waals surface area contributed by atoms with E-state index in [2.05, 4.69) is 0 Å². The fraction of sp³-hybridized carbons (Fsp3) is 0.900. The predicted octanol–water partition coefficient (Wildman–Crippen LogP) is -0.896. The zero-order chi connectivity index (χ0) is 20.9. The van der Waals surface area contributed by atoms with Crippen molar-refractivity contribution in [2.24, 2.45) is 28.1 Å². The van der Waals surface area contributed by atoms with Gasteiger partial charge in [-0.2, -0.15) is 0 Å². The first-order valence-corrected chi connectivity index (χ1v) is 10.2. The lowest BCUT2D eigenvalue weighted by Crippen LogP contribution is -2.66. The zero-order valence-corrected chi connectivity index (χ0v) is 16.7. The Balaban J connectivity index is 1.71. The van der Waals surface area contributed by atoms with E-state index in [4.69, 9.17) is 18.9 Å². The molecule has 9 heteroatoms. The Kier molecular flexibility index (Phi) is 2.97. The second-order valence-electron chi connectivity index (χ2n) is 10.8. The van der Waals surface area contributed by atoms with Crippen LogP contribution in [0.15, 0.2) is 0 Å². The molecule has 3 N–H and O–H groups in total. The van der Waals surface area contributed by atoms with E-state index in [9.17, 15) is 24.9 Å². The Morgan fingerprint density at radius 1 is 1.14 bits per heavy atom. The first-order valence-electron chi connectivity index (χ1n) is 10.2. The Morgan fingerprint density at radius 2 is 1.83 bits per heavy atom. The molecule has 0 aromatic rings. The third-order valence-electron chi connectivity index (χ3n) is 8.94. The highest BCUT2D eigenvalue weighted by Gasteiger charge is 3.01. The van der Waals surface area contributed by atoms with Crippen molar-refractivity contribution in [3.63, 3.8) is 0 Å². The van der Waals surface area contributed by atoms with Crippen molar-refractivity contribution < 1.29 is 43.9 Å². The maximum absolute atomic E-state index is 13.4. The molecule has 6 rings (SSSR count). The van der Waals surface area contributed by atoms with E-state index in [1.54, 1.807) is 6.92 Å². The van der Waals surface area contributed by atoms with Crippen LogP contribution in [0.25, 0.3) is 0 Å². The van der Waals surface area contributed by atoms with Crippen LogP contribution in [0.3, 0.4) is 0 Å². The van der Waals surface area contributed by atoms with Crippen molar-refractivity contribution in [1.82, 2.24) is 0 Å². The van der Waals surface area contributed by atoms with Gasteiger partial charge in [-0.15, -0.1) is 0 Å². The minimum atomic E-state index is -1.88. The standard InChI is InChI=1S/C20H26O9/c1-7-6-26-8-5-17-12-9(21)10(16(2,3)4)18(17)11(22)13(23)28-15(18)29-20(17,14(24)27-12)19(7,8)25/h7-12,15,21-22,25H,5-6H2,1-4H3/t7-,8?,9-,10?,11+,12?,15?,17?,18?,19-,20?/m1/s1. The number of esters is 2. The number of aliphatic hydroxyl groups is 3. The second-order valence-corrected chi connectivity index (χ2v) is 10.8. The average Bonchev–Trinajstić information content (AvgIpc) is 3.31. The largest absolute Gasteiger partial charge is 0.457 e. The summed E-state index contributed by atoms with van der Waals surface area (Å²) >= 11 is 0. The summed E-state index contributed by atoms with van der Waals surface area (Å²) in [5, 5.41) is 34.5. The molecule has 160 valence electrons. The molecule has 2 spiro atoms. The molecule has 0 aromatic heterocycles. The van der Waals surface area contributed by atoms with Crippen LogP contribution in [0.5, 0.6) is 0 Å². The third-order valence-corrected chi connectivity index (χ3v) is 8.94. The summed E-state index contributed by atoms with van der Waals surface area (Å²) in [7, 11) is 0. The van der Waals surface area contributed by atoms with Gasteiger partial charge in [-0.25, -0.2) is 9.59 Å². The number of hydrogen-bond acceptors (Lipinski definition) is 9. The number of aliphatic hydroxyl groups excluding tert-OH is 2. The van der Waals surface area contributed by atoms with Gasteiger partial charge in [-0.1, -0.05) is 27.7 Å². The highest BCUT2D eigenvalue weighted by atomic mass is 16.8. The van der Waals surface area contributed by atoms with Gasteiger partial charge in [0, 0.05) is 11.8 Å². The van der Waals surface area contributed by atoms with E-state index in [0.717, 1.165) is 0 Å². The summed E-state index contributed by atoms with van der Waals surface area (Å²) in [4.78, 5) is 25.9. The van der Waals surface area contributed by atoms with Gasteiger partial charge in [0.25, 0.3) is 0 Å². The topological polar surface area (TPSA) is 132 Å². The molecule has 29 heavy (non-hydrogen) atoms. The molecule has 6 fully saturated rings. The van der Waals surface area contributed by atoms with Crippen LogP contribution < -0.4 is 0 Å². The van der Waals surface area contributed by atoms with Gasteiger partial charge in [0.15, 0.2) is 6.10 Å². The van der Waals surface area contributed by atoms with Gasteiger partial charge in [-0.05, 0) is 11.8 Å². The van der Waals surface area contributed by atoms with Gasteiger partial charge < -0.3 is 34.3 Å². The zero-order valence-electron chi connectivity index (χ0n) is 16.7. The Morgan fingerprint density at radius 3 is 2.48 bits per heavy atom. The molecule has 11 atom stereocenters. The van der Waals surface area contributed by atoms with E-state index in [-0.39, 0.29) is 13.0 Å². The molecule has 4 aliphatic heterocycles. The lowest BCUT2D eigenvalue weighted by molar-refractivity contribution is -0.239. The van der Waals surface area contributed by atoms with Crippen molar-refractivity contribution in [3.8, 4) is 0 Å². The summed E-state index contributed by atoms with van der Waals surface area (Å²) in [6.45, 7) is 7.70. The van der Waals surface area contributed by atoms with Gasteiger partial charge in [0.05, 0.1) is 29.6 Å². The summed E-state index contributed by atoms with van der Waals surface area (Å²) in [6.07, 6.45) is -5.70. The minimum Gasteiger partial charge on any atom is -0.457 e. The molecular weight excluding hydrogens is 384 g/mol. The van der Waals surface area contributed by atoms with Crippen LogP contribution in [0.1, 0.15) is 34.1 Å².